The van der Waals surface area contributed by atoms with Crippen LogP contribution in [0.4, 0.5) is 0 Å². The van der Waals surface area contributed by atoms with Gasteiger partial charge in [0.15, 0.2) is 0 Å². The Kier molecular flexibility index (Phi) is 3.41. The maximum Gasteiger partial charge on any atom is 0.0935 e. The second-order valence-electron chi connectivity index (χ2n) is 3.15. The van der Waals surface area contributed by atoms with Crippen molar-refractivity contribution in [2.24, 2.45) is 0 Å². The van der Waals surface area contributed by atoms with E-state index in [-0.39, 0.29) is 0 Å². The van der Waals surface area contributed by atoms with Gasteiger partial charge in [0.05, 0.1) is 21.1 Å². The molecule has 0 atom stereocenters. The number of hydrogen-bond donors (Lipinski definition) is 2. The summed E-state index contributed by atoms with van der Waals surface area (Å²) in [6.45, 7) is 3.87. The third-order valence-electron chi connectivity index (χ3n) is 2.10. The minimum Gasteiger partial charge on any atom is -0.313 e. The van der Waals surface area contributed by atoms with Crippen molar-refractivity contribution in [1.29, 1.82) is 0 Å². The van der Waals surface area contributed by atoms with E-state index in [1.807, 2.05) is 18.3 Å². The first kappa shape index (κ1) is 10.7. The van der Waals surface area contributed by atoms with Gasteiger partial charge in [-0.25, -0.2) is 0 Å². The van der Waals surface area contributed by atoms with Crippen LogP contribution < -0.4 is 5.32 Å². The number of thiophene rings is 1. The van der Waals surface area contributed by atoms with E-state index in [1.54, 1.807) is 11.3 Å². The van der Waals surface area contributed by atoms with Crippen LogP contribution in [0.15, 0.2) is 18.3 Å². The van der Waals surface area contributed by atoms with Crippen LogP contribution in [0.3, 0.4) is 0 Å². The Bertz CT molecular complexity index is 435. The van der Waals surface area contributed by atoms with Gasteiger partial charge in [-0.05, 0) is 18.7 Å². The number of aromatic amines is 1. The fourth-order valence-electron chi connectivity index (χ4n) is 1.37. The lowest BCUT2D eigenvalue weighted by molar-refractivity contribution is 0.728. The number of nitrogens with one attached hydrogen (secondary N) is 2. The van der Waals surface area contributed by atoms with E-state index in [4.69, 9.17) is 11.6 Å². The molecule has 2 aromatic heterocycles. The molecule has 0 fully saturated rings. The van der Waals surface area contributed by atoms with Crippen LogP contribution in [0, 0.1) is 0 Å². The zero-order valence-electron chi connectivity index (χ0n) is 8.38. The maximum absolute atomic E-state index is 5.90. The van der Waals surface area contributed by atoms with Crippen molar-refractivity contribution in [3.8, 4) is 10.6 Å². The van der Waals surface area contributed by atoms with Crippen molar-refractivity contribution in [3.63, 3.8) is 0 Å². The highest BCUT2D eigenvalue weighted by atomic mass is 35.5. The summed E-state index contributed by atoms with van der Waals surface area (Å²) in [5.74, 6) is 0. The Morgan fingerprint density at radius 2 is 2.40 bits per heavy atom. The molecule has 0 radical (unpaired) electrons. The van der Waals surface area contributed by atoms with Crippen molar-refractivity contribution >= 4 is 22.9 Å². The van der Waals surface area contributed by atoms with Crippen LogP contribution in [0.5, 0.6) is 0 Å². The largest absolute Gasteiger partial charge is 0.313 e. The van der Waals surface area contributed by atoms with Crippen molar-refractivity contribution in [2.75, 3.05) is 6.54 Å². The molecule has 0 aliphatic heterocycles. The van der Waals surface area contributed by atoms with Gasteiger partial charge < -0.3 is 5.32 Å². The van der Waals surface area contributed by atoms with Crippen LogP contribution in [0.2, 0.25) is 4.34 Å². The number of halogens is 1. The Labute approximate surface area is 97.5 Å². The van der Waals surface area contributed by atoms with Crippen molar-refractivity contribution < 1.29 is 0 Å². The molecule has 15 heavy (non-hydrogen) atoms. The SMILES string of the molecule is CCNCc1cn[nH]c1-c1ccc(Cl)s1. The molecule has 0 saturated heterocycles. The minimum absolute atomic E-state index is 0.800. The molecule has 0 spiro atoms. The van der Waals surface area contributed by atoms with Gasteiger partial charge in [-0.3, -0.25) is 5.10 Å². The molecule has 0 unspecified atom stereocenters. The summed E-state index contributed by atoms with van der Waals surface area (Å²) in [7, 11) is 0. The van der Waals surface area contributed by atoms with Gasteiger partial charge in [-0.2, -0.15) is 5.10 Å². The Hall–Kier alpha value is -0.840. The van der Waals surface area contributed by atoms with Crippen LogP contribution in [0.1, 0.15) is 12.5 Å². The van der Waals surface area contributed by atoms with E-state index in [0.717, 1.165) is 28.0 Å². The quantitative estimate of drug-likeness (QED) is 0.864. The molecule has 5 heteroatoms. The molecule has 80 valence electrons. The van der Waals surface area contributed by atoms with Crippen LogP contribution in [0.25, 0.3) is 10.6 Å². The van der Waals surface area contributed by atoms with Gasteiger partial charge in [0, 0.05) is 12.1 Å². The molecule has 2 aromatic rings. The molecule has 0 aliphatic rings. The first-order valence-corrected chi connectivity index (χ1v) is 5.99. The third kappa shape index (κ3) is 2.40. The topological polar surface area (TPSA) is 40.7 Å². The lowest BCUT2D eigenvalue weighted by atomic mass is 10.2. The highest BCUT2D eigenvalue weighted by Crippen LogP contribution is 2.31. The molecule has 2 rings (SSSR count). The predicted octanol–water partition coefficient (Wildman–Crippen LogP) is 2.90. The van der Waals surface area contributed by atoms with Gasteiger partial charge in [-0.15, -0.1) is 11.3 Å². The molecule has 2 heterocycles. The Morgan fingerprint density at radius 3 is 3.07 bits per heavy atom. The molecule has 2 N–H and O–H groups in total. The maximum atomic E-state index is 5.90. The van der Waals surface area contributed by atoms with Crippen molar-refractivity contribution in [2.45, 2.75) is 13.5 Å². The van der Waals surface area contributed by atoms with E-state index in [9.17, 15) is 0 Å². The average Bonchev–Trinajstić information content (AvgIpc) is 2.82. The Morgan fingerprint density at radius 1 is 1.53 bits per heavy atom. The van der Waals surface area contributed by atoms with Crippen LogP contribution in [-0.4, -0.2) is 16.7 Å². The number of hydrogen-bond acceptors (Lipinski definition) is 3. The van der Waals surface area contributed by atoms with Gasteiger partial charge in [0.25, 0.3) is 0 Å². The number of H-pyrrole nitrogens is 1. The normalized spacial score (nSPS) is 10.8. The minimum atomic E-state index is 0.800. The van der Waals surface area contributed by atoms with E-state index in [2.05, 4.69) is 22.4 Å². The molecule has 0 bridgehead atoms. The monoisotopic (exact) mass is 241 g/mol. The summed E-state index contributed by atoms with van der Waals surface area (Å²) in [5.41, 5.74) is 2.24. The zero-order chi connectivity index (χ0) is 10.7. The summed E-state index contributed by atoms with van der Waals surface area (Å²) in [4.78, 5) is 1.13. The summed E-state index contributed by atoms with van der Waals surface area (Å²) < 4.78 is 0.800. The predicted molar refractivity (Wildman–Crippen MR) is 64.3 cm³/mol. The molecular formula is C10H12ClN3S. The summed E-state index contributed by atoms with van der Waals surface area (Å²) in [5, 5.41) is 10.3. The number of rotatable bonds is 4. The summed E-state index contributed by atoms with van der Waals surface area (Å²) in [6.07, 6.45) is 1.85. The van der Waals surface area contributed by atoms with Gasteiger partial charge in [0.1, 0.15) is 0 Å². The average molecular weight is 242 g/mol. The number of nitrogens with zero attached hydrogens (tertiary/aromatic N) is 1. The van der Waals surface area contributed by atoms with Crippen molar-refractivity contribution in [1.82, 2.24) is 15.5 Å². The first-order chi connectivity index (χ1) is 7.31. The first-order valence-electron chi connectivity index (χ1n) is 4.80. The summed E-state index contributed by atoms with van der Waals surface area (Å²) in [6, 6.07) is 3.91. The zero-order valence-corrected chi connectivity index (χ0v) is 9.95. The van der Waals surface area contributed by atoms with E-state index in [0.29, 0.717) is 0 Å². The molecule has 3 nitrogen and oxygen atoms in total. The van der Waals surface area contributed by atoms with E-state index < -0.39 is 0 Å². The lowest BCUT2D eigenvalue weighted by Gasteiger charge is -2.00. The molecule has 0 aliphatic carbocycles. The van der Waals surface area contributed by atoms with E-state index in [1.165, 1.54) is 5.56 Å². The van der Waals surface area contributed by atoms with Gasteiger partial charge >= 0.3 is 0 Å². The standard InChI is InChI=1S/C10H12ClN3S/c1-2-12-5-7-6-13-14-10(7)8-3-4-9(11)15-8/h3-4,6,12H,2,5H2,1H3,(H,13,14). The van der Waals surface area contributed by atoms with Crippen molar-refractivity contribution in [3.05, 3.63) is 28.2 Å². The van der Waals surface area contributed by atoms with Gasteiger partial charge in [0.2, 0.25) is 0 Å². The Balaban J connectivity index is 2.24. The number of aromatic nitrogens is 2. The second kappa shape index (κ2) is 4.79. The lowest BCUT2D eigenvalue weighted by Crippen LogP contribution is -2.11. The molecule has 0 saturated carbocycles. The van der Waals surface area contributed by atoms with Gasteiger partial charge in [-0.1, -0.05) is 18.5 Å². The molecule has 0 aromatic carbocycles. The molecular weight excluding hydrogens is 230 g/mol. The second-order valence-corrected chi connectivity index (χ2v) is 4.87. The van der Waals surface area contributed by atoms with Crippen LogP contribution >= 0.6 is 22.9 Å². The highest BCUT2D eigenvalue weighted by Gasteiger charge is 2.08. The fourth-order valence-corrected chi connectivity index (χ4v) is 2.44. The highest BCUT2D eigenvalue weighted by molar-refractivity contribution is 7.19. The fraction of sp³-hybridized carbons (Fsp3) is 0.300. The van der Waals surface area contributed by atoms with Crippen LogP contribution in [-0.2, 0) is 6.54 Å². The smallest absolute Gasteiger partial charge is 0.0935 e. The summed E-state index contributed by atoms with van der Waals surface area (Å²) >= 11 is 7.46. The third-order valence-corrected chi connectivity index (χ3v) is 3.35. The molecule has 0 amide bonds. The van der Waals surface area contributed by atoms with E-state index >= 15 is 0 Å².